The fourth-order valence-corrected chi connectivity index (χ4v) is 2.01. The van der Waals surface area contributed by atoms with Crippen molar-refractivity contribution in [1.82, 2.24) is 0 Å². The minimum absolute atomic E-state index is 0.249. The maximum Gasteiger partial charge on any atom is 0.199 e. The molecule has 0 aromatic carbocycles. The Balaban J connectivity index is 2.33. The van der Waals surface area contributed by atoms with Crippen molar-refractivity contribution in [3.05, 3.63) is 45.5 Å². The van der Waals surface area contributed by atoms with Crippen molar-refractivity contribution in [2.45, 2.75) is 6.10 Å². The second kappa shape index (κ2) is 3.54. The molecule has 2 aromatic heterocycles. The van der Waals surface area contributed by atoms with E-state index < -0.39 is 6.10 Å². The summed E-state index contributed by atoms with van der Waals surface area (Å²) >= 11 is 7.27. The summed E-state index contributed by atoms with van der Waals surface area (Å²) in [5.41, 5.74) is 1.45. The minimum atomic E-state index is -0.683. The zero-order chi connectivity index (χ0) is 9.26. The summed E-state index contributed by atoms with van der Waals surface area (Å²) in [6.07, 6.45) is 0.783. The van der Waals surface area contributed by atoms with Crippen molar-refractivity contribution in [3.8, 4) is 0 Å². The Morgan fingerprint density at radius 3 is 2.85 bits per heavy atom. The zero-order valence-electron chi connectivity index (χ0n) is 6.61. The van der Waals surface area contributed by atoms with Crippen LogP contribution in [0.15, 0.2) is 33.6 Å². The van der Waals surface area contributed by atoms with Crippen LogP contribution in [0.2, 0.25) is 5.22 Å². The number of rotatable bonds is 2. The molecule has 2 nitrogen and oxygen atoms in total. The highest BCUT2D eigenvalue weighted by Gasteiger charge is 2.15. The molecule has 1 unspecified atom stereocenters. The quantitative estimate of drug-likeness (QED) is 0.834. The fraction of sp³-hybridized carbons (Fsp3) is 0.111. The maximum atomic E-state index is 9.81. The predicted molar refractivity (Wildman–Crippen MR) is 52.1 cm³/mol. The molecule has 68 valence electrons. The first-order valence-electron chi connectivity index (χ1n) is 3.72. The molecule has 0 saturated heterocycles. The van der Waals surface area contributed by atoms with Crippen LogP contribution in [-0.2, 0) is 0 Å². The topological polar surface area (TPSA) is 33.4 Å². The Labute approximate surface area is 84.4 Å². The second-order valence-corrected chi connectivity index (χ2v) is 3.73. The summed E-state index contributed by atoms with van der Waals surface area (Å²) < 4.78 is 4.89. The van der Waals surface area contributed by atoms with Crippen molar-refractivity contribution in [3.63, 3.8) is 0 Å². The van der Waals surface area contributed by atoms with Gasteiger partial charge < -0.3 is 9.52 Å². The summed E-state index contributed by atoms with van der Waals surface area (Å²) in [7, 11) is 0. The summed E-state index contributed by atoms with van der Waals surface area (Å²) in [6, 6.07) is 3.53. The lowest BCUT2D eigenvalue weighted by molar-refractivity contribution is 0.220. The highest BCUT2D eigenvalue weighted by Crippen LogP contribution is 2.29. The van der Waals surface area contributed by atoms with Crippen molar-refractivity contribution in [2.75, 3.05) is 0 Å². The molecule has 0 aliphatic rings. The van der Waals surface area contributed by atoms with E-state index in [-0.39, 0.29) is 5.22 Å². The zero-order valence-corrected chi connectivity index (χ0v) is 8.18. The van der Waals surface area contributed by atoms with Crippen LogP contribution in [0, 0.1) is 0 Å². The van der Waals surface area contributed by atoms with Crippen LogP contribution < -0.4 is 0 Å². The number of aliphatic hydroxyl groups is 1. The van der Waals surface area contributed by atoms with E-state index >= 15 is 0 Å². The van der Waals surface area contributed by atoms with Gasteiger partial charge >= 0.3 is 0 Å². The number of furan rings is 1. The fourth-order valence-electron chi connectivity index (χ4n) is 1.11. The molecule has 0 aliphatic heterocycles. The third kappa shape index (κ3) is 1.63. The van der Waals surface area contributed by atoms with Crippen LogP contribution in [0.3, 0.4) is 0 Å². The van der Waals surface area contributed by atoms with Crippen LogP contribution in [0.1, 0.15) is 17.2 Å². The van der Waals surface area contributed by atoms with E-state index in [2.05, 4.69) is 0 Å². The normalized spacial score (nSPS) is 13.1. The van der Waals surface area contributed by atoms with Crippen LogP contribution in [0.25, 0.3) is 0 Å². The van der Waals surface area contributed by atoms with Gasteiger partial charge in [-0.2, -0.15) is 11.3 Å². The molecule has 0 aliphatic carbocycles. The molecule has 0 bridgehead atoms. The van der Waals surface area contributed by atoms with Crippen LogP contribution in [-0.4, -0.2) is 5.11 Å². The monoisotopic (exact) mass is 214 g/mol. The van der Waals surface area contributed by atoms with E-state index in [1.807, 2.05) is 16.8 Å². The van der Waals surface area contributed by atoms with Crippen molar-refractivity contribution in [1.29, 1.82) is 0 Å². The summed E-state index contributed by atoms with van der Waals surface area (Å²) in [5, 5.41) is 13.9. The molecule has 2 rings (SSSR count). The molecule has 2 heterocycles. The molecule has 1 atom stereocenters. The van der Waals surface area contributed by atoms with Gasteiger partial charge in [0.2, 0.25) is 0 Å². The van der Waals surface area contributed by atoms with E-state index in [0.29, 0.717) is 5.56 Å². The van der Waals surface area contributed by atoms with Gasteiger partial charge in [0.25, 0.3) is 0 Å². The van der Waals surface area contributed by atoms with Crippen molar-refractivity contribution in [2.24, 2.45) is 0 Å². The first kappa shape index (κ1) is 8.81. The Morgan fingerprint density at radius 1 is 1.46 bits per heavy atom. The van der Waals surface area contributed by atoms with Crippen molar-refractivity contribution < 1.29 is 9.52 Å². The molecule has 4 heteroatoms. The number of hydrogen-bond acceptors (Lipinski definition) is 3. The molecule has 13 heavy (non-hydrogen) atoms. The Morgan fingerprint density at radius 2 is 2.31 bits per heavy atom. The summed E-state index contributed by atoms with van der Waals surface area (Å²) in [5.74, 6) is 0. The number of aliphatic hydroxyl groups excluding tert-OH is 1. The van der Waals surface area contributed by atoms with Gasteiger partial charge in [0, 0.05) is 5.56 Å². The van der Waals surface area contributed by atoms with Gasteiger partial charge in [-0.15, -0.1) is 0 Å². The minimum Gasteiger partial charge on any atom is -0.453 e. The van der Waals surface area contributed by atoms with E-state index in [4.69, 9.17) is 16.0 Å². The van der Waals surface area contributed by atoms with Gasteiger partial charge in [-0.1, -0.05) is 0 Å². The van der Waals surface area contributed by atoms with E-state index in [9.17, 15) is 5.11 Å². The van der Waals surface area contributed by atoms with Crippen LogP contribution >= 0.6 is 22.9 Å². The van der Waals surface area contributed by atoms with E-state index in [0.717, 1.165) is 5.56 Å². The average Bonchev–Trinajstić information content (AvgIpc) is 2.72. The van der Waals surface area contributed by atoms with Gasteiger partial charge in [-0.25, -0.2) is 0 Å². The average molecular weight is 215 g/mol. The van der Waals surface area contributed by atoms with Gasteiger partial charge in [0.1, 0.15) is 6.10 Å². The molecule has 2 aromatic rings. The molecule has 0 spiro atoms. The lowest BCUT2D eigenvalue weighted by Crippen LogP contribution is -1.96. The smallest absolute Gasteiger partial charge is 0.199 e. The number of halogens is 1. The van der Waals surface area contributed by atoms with E-state index in [1.165, 1.54) is 17.6 Å². The Bertz CT molecular complexity index is 380. The molecule has 0 saturated carbocycles. The lowest BCUT2D eigenvalue weighted by Gasteiger charge is -2.05. The summed E-state index contributed by atoms with van der Waals surface area (Å²) in [6.45, 7) is 0. The third-order valence-corrected chi connectivity index (χ3v) is 2.81. The molecule has 1 N–H and O–H groups in total. The Kier molecular flexibility index (Phi) is 2.40. The number of thiophene rings is 1. The van der Waals surface area contributed by atoms with Gasteiger partial charge in [-0.05, 0) is 40.1 Å². The van der Waals surface area contributed by atoms with Crippen molar-refractivity contribution >= 4 is 22.9 Å². The highest BCUT2D eigenvalue weighted by atomic mass is 35.5. The maximum absolute atomic E-state index is 9.81. The van der Waals surface area contributed by atoms with Gasteiger partial charge in [0.15, 0.2) is 5.22 Å². The molecule has 0 radical (unpaired) electrons. The van der Waals surface area contributed by atoms with Gasteiger partial charge in [0.05, 0.1) is 6.26 Å². The molecule has 0 fully saturated rings. The van der Waals surface area contributed by atoms with Crippen LogP contribution in [0.4, 0.5) is 0 Å². The third-order valence-electron chi connectivity index (χ3n) is 1.80. The Hall–Kier alpha value is -0.770. The largest absolute Gasteiger partial charge is 0.453 e. The first-order chi connectivity index (χ1) is 6.29. The molecular weight excluding hydrogens is 208 g/mol. The van der Waals surface area contributed by atoms with E-state index in [1.54, 1.807) is 6.07 Å². The highest BCUT2D eigenvalue weighted by molar-refractivity contribution is 7.07. The first-order valence-corrected chi connectivity index (χ1v) is 5.04. The molecule has 0 amide bonds. The lowest BCUT2D eigenvalue weighted by atomic mass is 10.1. The second-order valence-electron chi connectivity index (χ2n) is 2.61. The summed E-state index contributed by atoms with van der Waals surface area (Å²) in [4.78, 5) is 0. The molecular formula is C9H7ClO2S. The number of hydrogen-bond donors (Lipinski definition) is 1. The van der Waals surface area contributed by atoms with Gasteiger partial charge in [-0.3, -0.25) is 0 Å². The standard InChI is InChI=1S/C9H7ClO2S/c10-9-7(1-3-12-9)8(11)6-2-4-13-5-6/h1-5,8,11H. The predicted octanol–water partition coefficient (Wildman–Crippen LogP) is 3.08. The van der Waals surface area contributed by atoms with Crippen LogP contribution in [0.5, 0.6) is 0 Å². The SMILES string of the molecule is OC(c1ccsc1)c1ccoc1Cl.